The number of benzene rings is 2. The molecule has 2 nitrogen and oxygen atoms in total. The van der Waals surface area contributed by atoms with Gasteiger partial charge in [-0.15, -0.1) is 0 Å². The van der Waals surface area contributed by atoms with Crippen molar-refractivity contribution in [1.29, 1.82) is 0 Å². The van der Waals surface area contributed by atoms with E-state index in [0.717, 1.165) is 11.1 Å². The van der Waals surface area contributed by atoms with Crippen LogP contribution in [0.25, 0.3) is 0 Å². The number of hydrogen-bond acceptors (Lipinski definition) is 2. The van der Waals surface area contributed by atoms with Gasteiger partial charge < -0.3 is 10.4 Å². The van der Waals surface area contributed by atoms with E-state index < -0.39 is 5.82 Å². The molecular formula is C15H14Cl2FNO. The van der Waals surface area contributed by atoms with Gasteiger partial charge in [-0.25, -0.2) is 4.39 Å². The van der Waals surface area contributed by atoms with E-state index in [2.05, 4.69) is 5.32 Å². The Morgan fingerprint density at radius 1 is 1.15 bits per heavy atom. The van der Waals surface area contributed by atoms with Gasteiger partial charge in [0.2, 0.25) is 0 Å². The van der Waals surface area contributed by atoms with E-state index in [9.17, 15) is 9.50 Å². The number of aromatic hydroxyl groups is 1. The molecule has 0 heterocycles. The molecule has 0 aliphatic rings. The number of anilines is 1. The van der Waals surface area contributed by atoms with Gasteiger partial charge in [0.25, 0.3) is 0 Å². The lowest BCUT2D eigenvalue weighted by atomic mass is 10.0. The highest BCUT2D eigenvalue weighted by Gasteiger charge is 2.13. The Labute approximate surface area is 127 Å². The summed E-state index contributed by atoms with van der Waals surface area (Å²) in [6, 6.07) is 8.20. The van der Waals surface area contributed by atoms with Crippen LogP contribution >= 0.6 is 23.2 Å². The second kappa shape index (κ2) is 5.90. The SMILES string of the molecule is Cc1ccc(C(C)Nc2cc(Cl)c(F)c(Cl)c2)c(O)c1. The average molecular weight is 314 g/mol. The molecule has 2 N–H and O–H groups in total. The van der Waals surface area contributed by atoms with E-state index in [0.29, 0.717) is 5.69 Å². The van der Waals surface area contributed by atoms with E-state index in [1.807, 2.05) is 26.0 Å². The molecule has 0 spiro atoms. The molecule has 0 aliphatic heterocycles. The van der Waals surface area contributed by atoms with Crippen LogP contribution in [0.3, 0.4) is 0 Å². The first-order valence-electron chi connectivity index (χ1n) is 6.09. The predicted octanol–water partition coefficient (Wildman–Crippen LogP) is 5.32. The number of phenolic OH excluding ortho intramolecular Hbond substituents is 1. The van der Waals surface area contributed by atoms with Crippen LogP contribution in [0, 0.1) is 12.7 Å². The molecule has 2 aromatic rings. The van der Waals surface area contributed by atoms with Crippen LogP contribution in [0.4, 0.5) is 10.1 Å². The molecule has 0 amide bonds. The first-order valence-corrected chi connectivity index (χ1v) is 6.84. The molecule has 5 heteroatoms. The summed E-state index contributed by atoms with van der Waals surface area (Å²) in [6.07, 6.45) is 0. The first kappa shape index (κ1) is 14.9. The lowest BCUT2D eigenvalue weighted by molar-refractivity contribution is 0.465. The normalized spacial score (nSPS) is 12.2. The molecule has 1 unspecified atom stereocenters. The predicted molar refractivity (Wildman–Crippen MR) is 81.3 cm³/mol. The lowest BCUT2D eigenvalue weighted by Gasteiger charge is -2.18. The molecule has 0 bridgehead atoms. The maximum atomic E-state index is 13.3. The van der Waals surface area contributed by atoms with E-state index in [4.69, 9.17) is 23.2 Å². The first-order chi connectivity index (χ1) is 9.38. The molecule has 0 aromatic heterocycles. The monoisotopic (exact) mass is 313 g/mol. The van der Waals surface area contributed by atoms with Gasteiger partial charge in [0.1, 0.15) is 5.75 Å². The zero-order chi connectivity index (χ0) is 14.9. The summed E-state index contributed by atoms with van der Waals surface area (Å²) >= 11 is 11.5. The Morgan fingerprint density at radius 2 is 1.75 bits per heavy atom. The second-order valence-corrected chi connectivity index (χ2v) is 5.50. The topological polar surface area (TPSA) is 32.3 Å². The maximum absolute atomic E-state index is 13.3. The molecule has 20 heavy (non-hydrogen) atoms. The van der Waals surface area contributed by atoms with Gasteiger partial charge in [-0.3, -0.25) is 0 Å². The summed E-state index contributed by atoms with van der Waals surface area (Å²) in [5.74, 6) is -0.422. The van der Waals surface area contributed by atoms with Crippen molar-refractivity contribution >= 4 is 28.9 Å². The summed E-state index contributed by atoms with van der Waals surface area (Å²) in [4.78, 5) is 0. The van der Waals surface area contributed by atoms with E-state index in [1.165, 1.54) is 12.1 Å². The number of aryl methyl sites for hydroxylation is 1. The molecule has 0 fully saturated rings. The van der Waals surface area contributed by atoms with Crippen molar-refractivity contribution in [1.82, 2.24) is 0 Å². The third-order valence-corrected chi connectivity index (χ3v) is 3.57. The lowest BCUT2D eigenvalue weighted by Crippen LogP contribution is -2.07. The molecule has 1 atom stereocenters. The Morgan fingerprint density at radius 3 is 2.30 bits per heavy atom. The average Bonchev–Trinajstić information content (AvgIpc) is 2.35. The molecule has 0 saturated heterocycles. The van der Waals surface area contributed by atoms with Crippen molar-refractivity contribution in [3.05, 3.63) is 57.3 Å². The molecule has 2 rings (SSSR count). The molecule has 2 aromatic carbocycles. The fourth-order valence-electron chi connectivity index (χ4n) is 1.99. The summed E-state index contributed by atoms with van der Waals surface area (Å²) in [6.45, 7) is 3.79. The minimum Gasteiger partial charge on any atom is -0.508 e. The number of nitrogens with one attached hydrogen (secondary N) is 1. The van der Waals surface area contributed by atoms with Crippen molar-refractivity contribution < 1.29 is 9.50 Å². The fraction of sp³-hybridized carbons (Fsp3) is 0.200. The van der Waals surface area contributed by atoms with Crippen molar-refractivity contribution in [3.63, 3.8) is 0 Å². The largest absolute Gasteiger partial charge is 0.508 e. The Bertz CT molecular complexity index is 623. The van der Waals surface area contributed by atoms with Crippen LogP contribution < -0.4 is 5.32 Å². The van der Waals surface area contributed by atoms with Gasteiger partial charge in [-0.2, -0.15) is 0 Å². The standard InChI is InChI=1S/C15H14Cl2FNO/c1-8-3-4-11(14(20)5-8)9(2)19-10-6-12(16)15(18)13(17)7-10/h3-7,9,19-20H,1-2H3. The summed E-state index contributed by atoms with van der Waals surface area (Å²) in [5, 5.41) is 13.0. The molecular weight excluding hydrogens is 300 g/mol. The van der Waals surface area contributed by atoms with Crippen molar-refractivity contribution in [2.45, 2.75) is 19.9 Å². The van der Waals surface area contributed by atoms with Crippen molar-refractivity contribution in [3.8, 4) is 5.75 Å². The van der Waals surface area contributed by atoms with Crippen LogP contribution in [0.1, 0.15) is 24.1 Å². The van der Waals surface area contributed by atoms with E-state index >= 15 is 0 Å². The van der Waals surface area contributed by atoms with Crippen LogP contribution in [0.5, 0.6) is 5.75 Å². The minimum atomic E-state index is -0.635. The highest BCUT2D eigenvalue weighted by Crippen LogP contribution is 2.31. The van der Waals surface area contributed by atoms with Gasteiger partial charge in [-0.1, -0.05) is 35.3 Å². The van der Waals surface area contributed by atoms with Crippen molar-refractivity contribution in [2.75, 3.05) is 5.32 Å². The van der Waals surface area contributed by atoms with E-state index in [-0.39, 0.29) is 21.8 Å². The highest BCUT2D eigenvalue weighted by molar-refractivity contribution is 6.35. The second-order valence-electron chi connectivity index (χ2n) is 4.68. The minimum absolute atomic E-state index is 0.0414. The number of halogens is 3. The zero-order valence-corrected chi connectivity index (χ0v) is 12.6. The molecule has 0 aliphatic carbocycles. The van der Waals surface area contributed by atoms with Crippen LogP contribution in [0.15, 0.2) is 30.3 Å². The number of rotatable bonds is 3. The van der Waals surface area contributed by atoms with Crippen molar-refractivity contribution in [2.24, 2.45) is 0 Å². The quantitative estimate of drug-likeness (QED) is 0.752. The summed E-state index contributed by atoms with van der Waals surface area (Å²) in [5.41, 5.74) is 2.31. The molecule has 106 valence electrons. The van der Waals surface area contributed by atoms with Gasteiger partial charge in [-0.05, 0) is 37.6 Å². The summed E-state index contributed by atoms with van der Waals surface area (Å²) in [7, 11) is 0. The number of phenols is 1. The Kier molecular flexibility index (Phi) is 4.41. The zero-order valence-electron chi connectivity index (χ0n) is 11.0. The number of hydrogen-bond donors (Lipinski definition) is 2. The fourth-order valence-corrected chi connectivity index (χ4v) is 2.47. The van der Waals surface area contributed by atoms with Crippen LogP contribution in [-0.2, 0) is 0 Å². The van der Waals surface area contributed by atoms with Gasteiger partial charge in [0.15, 0.2) is 5.82 Å². The van der Waals surface area contributed by atoms with E-state index in [1.54, 1.807) is 6.07 Å². The van der Waals surface area contributed by atoms with Crippen LogP contribution in [0.2, 0.25) is 10.0 Å². The third-order valence-electron chi connectivity index (χ3n) is 3.02. The Hall–Kier alpha value is -1.45. The summed E-state index contributed by atoms with van der Waals surface area (Å²) < 4.78 is 13.3. The van der Waals surface area contributed by atoms with Crippen LogP contribution in [-0.4, -0.2) is 5.11 Å². The smallest absolute Gasteiger partial charge is 0.160 e. The van der Waals surface area contributed by atoms with Gasteiger partial charge >= 0.3 is 0 Å². The molecule has 0 radical (unpaired) electrons. The maximum Gasteiger partial charge on any atom is 0.160 e. The van der Waals surface area contributed by atoms with Gasteiger partial charge in [0.05, 0.1) is 16.1 Å². The third kappa shape index (κ3) is 3.17. The van der Waals surface area contributed by atoms with Gasteiger partial charge in [0, 0.05) is 11.3 Å². The molecule has 0 saturated carbocycles. The highest BCUT2D eigenvalue weighted by atomic mass is 35.5. The Balaban J connectivity index is 2.25.